The maximum atomic E-state index is 11.3. The van der Waals surface area contributed by atoms with Gasteiger partial charge in [-0.1, -0.05) is 0 Å². The standard InChI is InChI=1S/C14H12N2O3S/c1-18-14(17)12-5-3-10(19-12)7-15-9-2-4-11-13(6-9)20-8-16-11/h2-6,8,15H,7H2,1H3. The van der Waals surface area contributed by atoms with Crippen LogP contribution in [0.1, 0.15) is 16.3 Å². The lowest BCUT2D eigenvalue weighted by atomic mass is 10.3. The Labute approximate surface area is 119 Å². The molecule has 0 unspecified atom stereocenters. The van der Waals surface area contributed by atoms with Crippen LogP contribution < -0.4 is 5.32 Å². The van der Waals surface area contributed by atoms with E-state index < -0.39 is 5.97 Å². The largest absolute Gasteiger partial charge is 0.463 e. The quantitative estimate of drug-likeness (QED) is 0.746. The number of anilines is 1. The molecular formula is C14H12N2O3S. The lowest BCUT2D eigenvalue weighted by Crippen LogP contribution is -2.00. The van der Waals surface area contributed by atoms with Crippen molar-refractivity contribution in [3.8, 4) is 0 Å². The molecule has 0 saturated heterocycles. The van der Waals surface area contributed by atoms with Crippen LogP contribution in [0.4, 0.5) is 5.69 Å². The fourth-order valence-electron chi connectivity index (χ4n) is 1.84. The highest BCUT2D eigenvalue weighted by Crippen LogP contribution is 2.22. The third-order valence-electron chi connectivity index (χ3n) is 2.85. The summed E-state index contributed by atoms with van der Waals surface area (Å²) in [6, 6.07) is 9.33. The van der Waals surface area contributed by atoms with Crippen molar-refractivity contribution in [2.24, 2.45) is 0 Å². The highest BCUT2D eigenvalue weighted by atomic mass is 32.1. The summed E-state index contributed by atoms with van der Waals surface area (Å²) >= 11 is 1.60. The molecule has 0 fully saturated rings. The maximum absolute atomic E-state index is 11.3. The van der Waals surface area contributed by atoms with E-state index >= 15 is 0 Å². The van der Waals surface area contributed by atoms with Crippen LogP contribution in [0.5, 0.6) is 0 Å². The Morgan fingerprint density at radius 3 is 3.15 bits per heavy atom. The first-order chi connectivity index (χ1) is 9.76. The van der Waals surface area contributed by atoms with Gasteiger partial charge in [-0.05, 0) is 30.3 Å². The molecule has 2 aromatic heterocycles. The number of benzene rings is 1. The summed E-state index contributed by atoms with van der Waals surface area (Å²) < 4.78 is 11.1. The van der Waals surface area contributed by atoms with Crippen molar-refractivity contribution >= 4 is 33.2 Å². The topological polar surface area (TPSA) is 64.4 Å². The lowest BCUT2D eigenvalue weighted by molar-refractivity contribution is 0.0563. The summed E-state index contributed by atoms with van der Waals surface area (Å²) in [6.07, 6.45) is 0. The number of aromatic nitrogens is 1. The van der Waals surface area contributed by atoms with Crippen LogP contribution in [0.2, 0.25) is 0 Å². The Morgan fingerprint density at radius 2 is 2.30 bits per heavy atom. The molecule has 1 N–H and O–H groups in total. The van der Waals surface area contributed by atoms with Crippen LogP contribution in [0, 0.1) is 0 Å². The van der Waals surface area contributed by atoms with Crippen LogP contribution in [0.25, 0.3) is 10.2 Å². The zero-order valence-corrected chi connectivity index (χ0v) is 11.6. The molecule has 5 nitrogen and oxygen atoms in total. The van der Waals surface area contributed by atoms with Crippen molar-refractivity contribution < 1.29 is 13.9 Å². The summed E-state index contributed by atoms with van der Waals surface area (Å²) in [5.41, 5.74) is 3.80. The molecule has 0 spiro atoms. The Bertz CT molecular complexity index is 748. The summed E-state index contributed by atoms with van der Waals surface area (Å²) in [5, 5.41) is 3.25. The van der Waals surface area contributed by atoms with E-state index in [0.29, 0.717) is 12.3 Å². The number of nitrogens with one attached hydrogen (secondary N) is 1. The normalized spacial score (nSPS) is 10.7. The van der Waals surface area contributed by atoms with E-state index in [0.717, 1.165) is 15.9 Å². The summed E-state index contributed by atoms with van der Waals surface area (Å²) in [7, 11) is 1.33. The van der Waals surface area contributed by atoms with E-state index in [1.807, 2.05) is 23.7 Å². The number of carbonyl (C=O) groups excluding carboxylic acids is 1. The summed E-state index contributed by atoms with van der Waals surface area (Å²) in [6.45, 7) is 0.501. The zero-order chi connectivity index (χ0) is 13.9. The van der Waals surface area contributed by atoms with Gasteiger partial charge in [0.2, 0.25) is 5.76 Å². The molecule has 20 heavy (non-hydrogen) atoms. The molecule has 3 aromatic rings. The molecule has 102 valence electrons. The minimum atomic E-state index is -0.470. The van der Waals surface area contributed by atoms with Crippen LogP contribution in [0.3, 0.4) is 0 Å². The minimum Gasteiger partial charge on any atom is -0.463 e. The predicted octanol–water partition coefficient (Wildman–Crippen LogP) is 3.29. The Hall–Kier alpha value is -2.34. The number of thiazole rings is 1. The number of carbonyl (C=O) groups is 1. The number of hydrogen-bond acceptors (Lipinski definition) is 6. The average Bonchev–Trinajstić information content (AvgIpc) is 3.12. The van der Waals surface area contributed by atoms with Gasteiger partial charge in [-0.25, -0.2) is 9.78 Å². The van der Waals surface area contributed by atoms with E-state index in [2.05, 4.69) is 15.0 Å². The number of ether oxygens (including phenoxy) is 1. The molecule has 0 atom stereocenters. The van der Waals surface area contributed by atoms with Gasteiger partial charge in [0, 0.05) is 5.69 Å². The molecular weight excluding hydrogens is 276 g/mol. The van der Waals surface area contributed by atoms with E-state index in [-0.39, 0.29) is 5.76 Å². The monoisotopic (exact) mass is 288 g/mol. The van der Waals surface area contributed by atoms with Crippen molar-refractivity contribution in [2.75, 3.05) is 12.4 Å². The molecule has 1 aromatic carbocycles. The van der Waals surface area contributed by atoms with Gasteiger partial charge in [-0.3, -0.25) is 0 Å². The van der Waals surface area contributed by atoms with E-state index in [4.69, 9.17) is 4.42 Å². The van der Waals surface area contributed by atoms with Gasteiger partial charge >= 0.3 is 5.97 Å². The second-order valence-corrected chi connectivity index (χ2v) is 5.03. The van der Waals surface area contributed by atoms with Gasteiger partial charge in [0.25, 0.3) is 0 Å². The molecule has 3 rings (SSSR count). The number of nitrogens with zero attached hydrogens (tertiary/aromatic N) is 1. The molecule has 0 saturated carbocycles. The zero-order valence-electron chi connectivity index (χ0n) is 10.8. The van der Waals surface area contributed by atoms with E-state index in [1.54, 1.807) is 23.5 Å². The van der Waals surface area contributed by atoms with Crippen LogP contribution >= 0.6 is 11.3 Å². The van der Waals surface area contributed by atoms with Gasteiger partial charge in [-0.2, -0.15) is 0 Å². The van der Waals surface area contributed by atoms with Crippen molar-refractivity contribution in [2.45, 2.75) is 6.54 Å². The van der Waals surface area contributed by atoms with Crippen molar-refractivity contribution in [3.05, 3.63) is 47.4 Å². The SMILES string of the molecule is COC(=O)c1ccc(CNc2ccc3ncsc3c2)o1. The van der Waals surface area contributed by atoms with Crippen LogP contribution in [0.15, 0.2) is 40.3 Å². The predicted molar refractivity (Wildman–Crippen MR) is 77.0 cm³/mol. The average molecular weight is 288 g/mol. The lowest BCUT2D eigenvalue weighted by Gasteiger charge is -2.04. The first-order valence-corrected chi connectivity index (χ1v) is 6.88. The van der Waals surface area contributed by atoms with E-state index in [1.165, 1.54) is 7.11 Å². The highest BCUT2D eigenvalue weighted by Gasteiger charge is 2.10. The maximum Gasteiger partial charge on any atom is 0.373 e. The molecule has 0 amide bonds. The second-order valence-electron chi connectivity index (χ2n) is 4.15. The first kappa shape index (κ1) is 12.7. The summed E-state index contributed by atoms with van der Waals surface area (Å²) in [4.78, 5) is 15.5. The summed E-state index contributed by atoms with van der Waals surface area (Å²) in [5.74, 6) is 0.416. The number of furan rings is 1. The third kappa shape index (κ3) is 2.50. The number of fused-ring (bicyclic) bond motifs is 1. The minimum absolute atomic E-state index is 0.210. The fourth-order valence-corrected chi connectivity index (χ4v) is 2.55. The van der Waals surface area contributed by atoms with E-state index in [9.17, 15) is 4.79 Å². The molecule has 6 heteroatoms. The molecule has 0 radical (unpaired) electrons. The van der Waals surface area contributed by atoms with Crippen molar-refractivity contribution in [1.29, 1.82) is 0 Å². The van der Waals surface area contributed by atoms with Crippen molar-refractivity contribution in [3.63, 3.8) is 0 Å². The molecule has 0 aliphatic rings. The number of rotatable bonds is 4. The molecule has 2 heterocycles. The number of esters is 1. The second kappa shape index (κ2) is 5.34. The van der Waals surface area contributed by atoms with Crippen LogP contribution in [-0.2, 0) is 11.3 Å². The third-order valence-corrected chi connectivity index (χ3v) is 3.64. The van der Waals surface area contributed by atoms with Gasteiger partial charge in [0.05, 0.1) is 29.4 Å². The Balaban J connectivity index is 1.69. The highest BCUT2D eigenvalue weighted by molar-refractivity contribution is 7.16. The van der Waals surface area contributed by atoms with Crippen molar-refractivity contribution in [1.82, 2.24) is 4.98 Å². The van der Waals surface area contributed by atoms with Gasteiger partial charge < -0.3 is 14.5 Å². The smallest absolute Gasteiger partial charge is 0.373 e. The number of hydrogen-bond donors (Lipinski definition) is 1. The molecule has 0 bridgehead atoms. The number of methoxy groups -OCH3 is 1. The fraction of sp³-hybridized carbons (Fsp3) is 0.143. The Kier molecular flexibility index (Phi) is 3.39. The first-order valence-electron chi connectivity index (χ1n) is 6.00. The molecule has 0 aliphatic carbocycles. The van der Waals surface area contributed by atoms with Gasteiger partial charge in [-0.15, -0.1) is 11.3 Å². The molecule has 0 aliphatic heterocycles. The Morgan fingerprint density at radius 1 is 1.40 bits per heavy atom. The van der Waals surface area contributed by atoms with Crippen LogP contribution in [-0.4, -0.2) is 18.1 Å². The van der Waals surface area contributed by atoms with Gasteiger partial charge in [0.15, 0.2) is 0 Å². The van der Waals surface area contributed by atoms with Gasteiger partial charge in [0.1, 0.15) is 5.76 Å².